The zero-order chi connectivity index (χ0) is 35.7. The predicted octanol–water partition coefficient (Wildman–Crippen LogP) is 6.72. The Hall–Kier alpha value is -4.54. The summed E-state index contributed by atoms with van der Waals surface area (Å²) in [6.07, 6.45) is 0.900. The molecule has 0 fully saturated rings. The Kier molecular flexibility index (Phi) is 12.7. The molecule has 2 atom stereocenters. The Labute approximate surface area is 294 Å². The van der Waals surface area contributed by atoms with Crippen molar-refractivity contribution >= 4 is 39.1 Å². The minimum absolute atomic E-state index is 0.0158. The highest BCUT2D eigenvalue weighted by Crippen LogP contribution is 2.33. The van der Waals surface area contributed by atoms with Crippen LogP contribution in [0.2, 0.25) is 5.02 Å². The monoisotopic (exact) mass is 705 g/mol. The Morgan fingerprint density at radius 3 is 2.10 bits per heavy atom. The van der Waals surface area contributed by atoms with Crippen molar-refractivity contribution in [1.82, 2.24) is 10.2 Å². The first kappa shape index (κ1) is 37.3. The molecule has 1 N–H and O–H groups in total. The van der Waals surface area contributed by atoms with Gasteiger partial charge in [-0.3, -0.25) is 13.9 Å². The lowest BCUT2D eigenvalue weighted by Gasteiger charge is -2.34. The third kappa shape index (κ3) is 9.55. The maximum atomic E-state index is 14.7. The number of methoxy groups -OCH3 is 2. The molecule has 0 aliphatic rings. The third-order valence-electron chi connectivity index (χ3n) is 8.23. The fourth-order valence-corrected chi connectivity index (χ4v) is 7.18. The minimum atomic E-state index is -4.35. The molecule has 11 heteroatoms. The second kappa shape index (κ2) is 16.7. The molecule has 0 aliphatic carbocycles. The molecule has 0 radical (unpaired) electrons. The molecule has 4 aromatic carbocycles. The van der Waals surface area contributed by atoms with E-state index < -0.39 is 28.5 Å². The number of rotatable bonds is 15. The fraction of sp³-hybridized carbons (Fsp3) is 0.316. The molecule has 260 valence electrons. The minimum Gasteiger partial charge on any atom is -0.493 e. The van der Waals surface area contributed by atoms with Crippen molar-refractivity contribution in [2.24, 2.45) is 0 Å². The van der Waals surface area contributed by atoms with Gasteiger partial charge in [-0.05, 0) is 85.8 Å². The van der Waals surface area contributed by atoms with Gasteiger partial charge in [0.25, 0.3) is 10.0 Å². The maximum Gasteiger partial charge on any atom is 0.264 e. The van der Waals surface area contributed by atoms with Crippen LogP contribution in [0.5, 0.6) is 11.5 Å². The molecule has 49 heavy (non-hydrogen) atoms. The molecule has 0 bridgehead atoms. The number of halogens is 1. The number of benzene rings is 4. The van der Waals surface area contributed by atoms with Gasteiger partial charge in [-0.1, -0.05) is 67.1 Å². The zero-order valence-electron chi connectivity index (χ0n) is 28.8. The standard InChI is InChI=1S/C38H44ClN3O6S/c1-7-28(4)40-38(44)34(22-29-12-9-8-10-13-29)41(24-30-14-11-15-31(39)21-30)37(43)25-42(32-19-26(2)18-27(3)20-32)49(45,46)33-16-17-35(47-5)36(23-33)48-6/h8-21,23,28,34H,7,22,24-25H2,1-6H3,(H,40,44)/t28-,34+/m0/s1. The zero-order valence-corrected chi connectivity index (χ0v) is 30.3. The number of hydrogen-bond acceptors (Lipinski definition) is 6. The summed E-state index contributed by atoms with van der Waals surface area (Å²) in [5.41, 5.74) is 3.49. The smallest absolute Gasteiger partial charge is 0.264 e. The topological polar surface area (TPSA) is 105 Å². The Bertz CT molecular complexity index is 1850. The molecule has 2 amide bonds. The SMILES string of the molecule is CC[C@H](C)NC(=O)[C@@H](Cc1ccccc1)N(Cc1cccc(Cl)c1)C(=O)CN(c1cc(C)cc(C)c1)S(=O)(=O)c1ccc(OC)c(OC)c1. The van der Waals surface area contributed by atoms with Crippen LogP contribution in [-0.4, -0.2) is 58.0 Å². The van der Waals surface area contributed by atoms with Crippen LogP contribution in [0.3, 0.4) is 0 Å². The first-order valence-corrected chi connectivity index (χ1v) is 17.9. The van der Waals surface area contributed by atoms with Crippen LogP contribution < -0.4 is 19.1 Å². The van der Waals surface area contributed by atoms with Crippen molar-refractivity contribution in [1.29, 1.82) is 0 Å². The van der Waals surface area contributed by atoms with Gasteiger partial charge in [0.1, 0.15) is 12.6 Å². The van der Waals surface area contributed by atoms with Gasteiger partial charge in [-0.2, -0.15) is 0 Å². The average Bonchev–Trinajstić information content (AvgIpc) is 3.08. The van der Waals surface area contributed by atoms with Gasteiger partial charge in [0.05, 0.1) is 24.8 Å². The van der Waals surface area contributed by atoms with E-state index in [1.54, 1.807) is 30.3 Å². The van der Waals surface area contributed by atoms with Gasteiger partial charge >= 0.3 is 0 Å². The number of carbonyl (C=O) groups excluding carboxylic acids is 2. The van der Waals surface area contributed by atoms with Crippen LogP contribution in [-0.2, 0) is 32.6 Å². The molecule has 0 saturated heterocycles. The highest BCUT2D eigenvalue weighted by molar-refractivity contribution is 7.92. The molecule has 0 saturated carbocycles. The van der Waals surface area contributed by atoms with Crippen molar-refractivity contribution in [3.8, 4) is 11.5 Å². The van der Waals surface area contributed by atoms with E-state index in [1.165, 1.54) is 37.3 Å². The summed E-state index contributed by atoms with van der Waals surface area (Å²) in [6.45, 7) is 7.02. The maximum absolute atomic E-state index is 14.7. The quantitative estimate of drug-likeness (QED) is 0.147. The summed E-state index contributed by atoms with van der Waals surface area (Å²) >= 11 is 6.35. The van der Waals surface area contributed by atoms with Gasteiger partial charge in [-0.25, -0.2) is 8.42 Å². The number of amides is 2. The van der Waals surface area contributed by atoms with Gasteiger partial charge in [0.2, 0.25) is 11.8 Å². The molecule has 0 aromatic heterocycles. The molecule has 0 unspecified atom stereocenters. The second-order valence-corrected chi connectivity index (χ2v) is 14.3. The van der Waals surface area contributed by atoms with Crippen LogP contribution >= 0.6 is 11.6 Å². The Balaban J connectivity index is 1.86. The average molecular weight is 706 g/mol. The summed E-state index contributed by atoms with van der Waals surface area (Å²) in [5, 5.41) is 3.52. The van der Waals surface area contributed by atoms with E-state index >= 15 is 0 Å². The number of aryl methyl sites for hydroxylation is 2. The molecular weight excluding hydrogens is 662 g/mol. The Morgan fingerprint density at radius 1 is 0.837 bits per heavy atom. The molecule has 0 spiro atoms. The molecule has 0 heterocycles. The number of carbonyl (C=O) groups is 2. The number of nitrogens with one attached hydrogen (secondary N) is 1. The lowest BCUT2D eigenvalue weighted by atomic mass is 10.0. The van der Waals surface area contributed by atoms with E-state index in [2.05, 4.69) is 5.32 Å². The number of anilines is 1. The van der Waals surface area contributed by atoms with E-state index in [1.807, 2.05) is 70.2 Å². The first-order valence-electron chi connectivity index (χ1n) is 16.1. The van der Waals surface area contributed by atoms with E-state index in [-0.39, 0.29) is 35.6 Å². The van der Waals surface area contributed by atoms with Crippen LogP contribution in [0.15, 0.2) is 95.9 Å². The summed E-state index contributed by atoms with van der Waals surface area (Å²) in [6, 6.07) is 25.0. The first-order chi connectivity index (χ1) is 23.4. The highest BCUT2D eigenvalue weighted by atomic mass is 35.5. The van der Waals surface area contributed by atoms with Crippen molar-refractivity contribution in [3.63, 3.8) is 0 Å². The molecule has 9 nitrogen and oxygen atoms in total. The van der Waals surface area contributed by atoms with Gasteiger partial charge < -0.3 is 19.7 Å². The van der Waals surface area contributed by atoms with Gasteiger partial charge in [0, 0.05) is 30.1 Å². The van der Waals surface area contributed by atoms with Crippen LogP contribution in [0.25, 0.3) is 0 Å². The summed E-state index contributed by atoms with van der Waals surface area (Å²) in [4.78, 5) is 30.1. The third-order valence-corrected chi connectivity index (χ3v) is 10.2. The lowest BCUT2D eigenvalue weighted by molar-refractivity contribution is -0.140. The van der Waals surface area contributed by atoms with E-state index in [0.29, 0.717) is 28.4 Å². The van der Waals surface area contributed by atoms with E-state index in [9.17, 15) is 18.0 Å². The summed E-state index contributed by atoms with van der Waals surface area (Å²) in [7, 11) is -1.47. The fourth-order valence-electron chi connectivity index (χ4n) is 5.55. The van der Waals surface area contributed by atoms with E-state index in [0.717, 1.165) is 21.0 Å². The van der Waals surface area contributed by atoms with Crippen molar-refractivity contribution < 1.29 is 27.5 Å². The number of ether oxygens (including phenoxy) is 2. The molecule has 4 rings (SSSR count). The number of sulfonamides is 1. The Morgan fingerprint density at radius 2 is 1.49 bits per heavy atom. The normalized spacial score (nSPS) is 12.5. The van der Waals surface area contributed by atoms with Crippen molar-refractivity contribution in [2.75, 3.05) is 25.1 Å². The van der Waals surface area contributed by atoms with Gasteiger partial charge in [-0.15, -0.1) is 0 Å². The molecular formula is C38H44ClN3O6S. The summed E-state index contributed by atoms with van der Waals surface area (Å²) in [5.74, 6) is -0.320. The van der Waals surface area contributed by atoms with Crippen LogP contribution in [0.1, 0.15) is 42.5 Å². The van der Waals surface area contributed by atoms with Gasteiger partial charge in [0.15, 0.2) is 11.5 Å². The highest BCUT2D eigenvalue weighted by Gasteiger charge is 2.35. The molecule has 0 aliphatic heterocycles. The molecule has 4 aromatic rings. The van der Waals surface area contributed by atoms with Crippen LogP contribution in [0, 0.1) is 13.8 Å². The number of nitrogens with zero attached hydrogens (tertiary/aromatic N) is 2. The second-order valence-electron chi connectivity index (χ2n) is 12.0. The van der Waals surface area contributed by atoms with E-state index in [4.69, 9.17) is 21.1 Å². The summed E-state index contributed by atoms with van der Waals surface area (Å²) < 4.78 is 40.9. The predicted molar refractivity (Wildman–Crippen MR) is 194 cm³/mol. The largest absolute Gasteiger partial charge is 0.493 e. The number of hydrogen-bond donors (Lipinski definition) is 1. The van der Waals surface area contributed by atoms with Crippen LogP contribution in [0.4, 0.5) is 5.69 Å². The van der Waals surface area contributed by atoms with Crippen molar-refractivity contribution in [3.05, 3.63) is 118 Å². The lowest BCUT2D eigenvalue weighted by Crippen LogP contribution is -2.54. The van der Waals surface area contributed by atoms with Crippen molar-refractivity contribution in [2.45, 2.75) is 64.1 Å².